The van der Waals surface area contributed by atoms with Gasteiger partial charge in [-0.2, -0.15) is 0 Å². The van der Waals surface area contributed by atoms with Crippen molar-refractivity contribution in [2.75, 3.05) is 20.3 Å². The number of nitrogens with two attached hydrogens (primary N) is 1. The van der Waals surface area contributed by atoms with E-state index in [1.165, 1.54) is 12.6 Å². The number of nitrogens with zero attached hydrogens (tertiary/aromatic N) is 1. The van der Waals surface area contributed by atoms with Crippen molar-refractivity contribution in [3.05, 3.63) is 29.3 Å². The minimum absolute atomic E-state index is 0.000580. The third-order valence-electron chi connectivity index (χ3n) is 2.64. The monoisotopic (exact) mass is 236 g/mol. The molecule has 1 aromatic rings. The Kier molecular flexibility index (Phi) is 3.61. The van der Waals surface area contributed by atoms with Crippen molar-refractivity contribution >= 4 is 5.91 Å². The van der Waals surface area contributed by atoms with Crippen molar-refractivity contribution in [1.29, 1.82) is 0 Å². The Morgan fingerprint density at radius 3 is 3.18 bits per heavy atom. The van der Waals surface area contributed by atoms with E-state index in [4.69, 9.17) is 15.3 Å². The molecule has 0 fully saturated rings. The van der Waals surface area contributed by atoms with Crippen LogP contribution in [-0.2, 0) is 22.6 Å². The summed E-state index contributed by atoms with van der Waals surface area (Å²) >= 11 is 0. The second kappa shape index (κ2) is 5.16. The number of hydrogen-bond donors (Lipinski definition) is 1. The van der Waals surface area contributed by atoms with Gasteiger partial charge in [0.1, 0.15) is 12.4 Å². The number of fused-ring (bicyclic) bond motifs is 1. The molecule has 0 aromatic heterocycles. The van der Waals surface area contributed by atoms with E-state index in [0.29, 0.717) is 6.61 Å². The van der Waals surface area contributed by atoms with Crippen LogP contribution in [0.3, 0.4) is 0 Å². The second-order valence-corrected chi connectivity index (χ2v) is 4.04. The highest BCUT2D eigenvalue weighted by Crippen LogP contribution is 2.25. The molecule has 5 nitrogen and oxygen atoms in total. The largest absolute Gasteiger partial charge is 0.493 e. The van der Waals surface area contributed by atoms with Gasteiger partial charge in [0.2, 0.25) is 0 Å². The predicted molar refractivity (Wildman–Crippen MR) is 62.3 cm³/mol. The molecule has 0 spiro atoms. The van der Waals surface area contributed by atoms with Crippen LogP contribution in [0.15, 0.2) is 18.2 Å². The molecule has 0 saturated carbocycles. The second-order valence-electron chi connectivity index (χ2n) is 4.04. The van der Waals surface area contributed by atoms with Crippen LogP contribution < -0.4 is 10.6 Å². The van der Waals surface area contributed by atoms with Crippen LogP contribution in [0.5, 0.6) is 5.75 Å². The fourth-order valence-electron chi connectivity index (χ4n) is 1.69. The van der Waals surface area contributed by atoms with Crippen molar-refractivity contribution in [3.63, 3.8) is 0 Å². The zero-order chi connectivity index (χ0) is 12.3. The van der Waals surface area contributed by atoms with Crippen molar-refractivity contribution in [2.45, 2.75) is 13.0 Å². The van der Waals surface area contributed by atoms with Gasteiger partial charge >= 0.3 is 0 Å². The molecule has 0 unspecified atom stereocenters. The topological polar surface area (TPSA) is 64.8 Å². The molecular formula is C12H16N2O3. The lowest BCUT2D eigenvalue weighted by Crippen LogP contribution is -2.35. The maximum Gasteiger partial charge on any atom is 0.262 e. The number of amides is 1. The van der Waals surface area contributed by atoms with Crippen LogP contribution in [0.25, 0.3) is 0 Å². The molecule has 1 aliphatic rings. The van der Waals surface area contributed by atoms with Crippen molar-refractivity contribution < 1.29 is 14.3 Å². The number of ether oxygens (including phenoxy) is 2. The average Bonchev–Trinajstić information content (AvgIpc) is 2.75. The van der Waals surface area contributed by atoms with Crippen LogP contribution in [-0.4, -0.2) is 31.2 Å². The van der Waals surface area contributed by atoms with Crippen LogP contribution in [0.4, 0.5) is 0 Å². The number of carbonyl (C=O) groups is 1. The van der Waals surface area contributed by atoms with Crippen LogP contribution >= 0.6 is 0 Å². The molecular weight excluding hydrogens is 220 g/mol. The minimum atomic E-state index is -0.241. The molecule has 5 heteroatoms. The standard InChI is InChI=1S/C12H16N2O3/c1-14(13)12(15)8-16-7-9-2-3-11-10(6-9)4-5-17-11/h2-3,6H,4-5,7-8,13H2,1H3. The number of rotatable bonds is 4. The van der Waals surface area contributed by atoms with E-state index in [0.717, 1.165) is 29.3 Å². The first-order chi connectivity index (χ1) is 8.16. The normalized spacial score (nSPS) is 13.1. The summed E-state index contributed by atoms with van der Waals surface area (Å²) in [5, 5.41) is 1.02. The quantitative estimate of drug-likeness (QED) is 0.469. The lowest BCUT2D eigenvalue weighted by atomic mass is 10.1. The van der Waals surface area contributed by atoms with Crippen LogP contribution in [0.2, 0.25) is 0 Å². The molecule has 1 aromatic carbocycles. The Hall–Kier alpha value is -1.59. The molecule has 17 heavy (non-hydrogen) atoms. The Balaban J connectivity index is 1.85. The van der Waals surface area contributed by atoms with Crippen molar-refractivity contribution in [1.82, 2.24) is 5.01 Å². The Labute approximate surface area is 100 Å². The molecule has 1 aliphatic heterocycles. The first-order valence-electron chi connectivity index (χ1n) is 5.50. The SMILES string of the molecule is CN(N)C(=O)COCc1ccc2c(c1)CCO2. The van der Waals surface area contributed by atoms with E-state index < -0.39 is 0 Å². The number of benzene rings is 1. The Bertz CT molecular complexity index is 418. The summed E-state index contributed by atoms with van der Waals surface area (Å²) in [5.74, 6) is 5.99. The van der Waals surface area contributed by atoms with E-state index >= 15 is 0 Å². The summed E-state index contributed by atoms with van der Waals surface area (Å²) < 4.78 is 10.7. The molecule has 2 N–H and O–H groups in total. The lowest BCUT2D eigenvalue weighted by molar-refractivity contribution is -0.135. The van der Waals surface area contributed by atoms with Crippen molar-refractivity contribution in [2.24, 2.45) is 5.84 Å². The number of hydrogen-bond acceptors (Lipinski definition) is 4. The highest BCUT2D eigenvalue weighted by Gasteiger charge is 2.12. The zero-order valence-corrected chi connectivity index (χ0v) is 9.81. The molecule has 0 atom stereocenters. The van der Waals surface area contributed by atoms with Crippen LogP contribution in [0, 0.1) is 0 Å². The first kappa shape index (κ1) is 11.9. The van der Waals surface area contributed by atoms with Gasteiger partial charge in [0.15, 0.2) is 0 Å². The highest BCUT2D eigenvalue weighted by molar-refractivity contribution is 5.76. The smallest absolute Gasteiger partial charge is 0.262 e. The highest BCUT2D eigenvalue weighted by atomic mass is 16.5. The van der Waals surface area contributed by atoms with E-state index in [1.54, 1.807) is 0 Å². The van der Waals surface area contributed by atoms with Gasteiger partial charge in [-0.3, -0.25) is 9.80 Å². The fourth-order valence-corrected chi connectivity index (χ4v) is 1.69. The van der Waals surface area contributed by atoms with E-state index in [1.807, 2.05) is 12.1 Å². The van der Waals surface area contributed by atoms with E-state index in [9.17, 15) is 4.79 Å². The summed E-state index contributed by atoms with van der Waals surface area (Å²) in [6, 6.07) is 5.94. The van der Waals surface area contributed by atoms with Gasteiger partial charge in [0, 0.05) is 13.5 Å². The third-order valence-corrected chi connectivity index (χ3v) is 2.64. The summed E-state index contributed by atoms with van der Waals surface area (Å²) in [5.41, 5.74) is 2.25. The number of likely N-dealkylation sites (N-methyl/N-ethyl adjacent to an activating group) is 1. The van der Waals surface area contributed by atoms with Gasteiger partial charge in [-0.1, -0.05) is 6.07 Å². The van der Waals surface area contributed by atoms with Gasteiger partial charge in [0.05, 0.1) is 13.2 Å². The molecule has 2 rings (SSSR count). The summed E-state index contributed by atoms with van der Waals surface area (Å²) in [6.45, 7) is 1.16. The number of carbonyl (C=O) groups excluding carboxylic acids is 1. The lowest BCUT2D eigenvalue weighted by Gasteiger charge is -2.10. The molecule has 0 saturated heterocycles. The summed E-state index contributed by atoms with van der Waals surface area (Å²) in [6.07, 6.45) is 0.938. The Morgan fingerprint density at radius 1 is 1.59 bits per heavy atom. The Morgan fingerprint density at radius 2 is 2.41 bits per heavy atom. The van der Waals surface area contributed by atoms with Gasteiger partial charge in [0.25, 0.3) is 5.91 Å². The predicted octanol–water partition coefficient (Wildman–Crippen LogP) is 0.470. The number of hydrazine groups is 1. The van der Waals surface area contributed by atoms with Crippen molar-refractivity contribution in [3.8, 4) is 5.75 Å². The average molecular weight is 236 g/mol. The van der Waals surface area contributed by atoms with E-state index in [-0.39, 0.29) is 12.5 Å². The first-order valence-corrected chi connectivity index (χ1v) is 5.50. The molecule has 0 aliphatic carbocycles. The molecule has 0 radical (unpaired) electrons. The molecule has 1 heterocycles. The van der Waals surface area contributed by atoms with Gasteiger partial charge in [-0.05, 0) is 23.3 Å². The van der Waals surface area contributed by atoms with Gasteiger partial charge < -0.3 is 9.47 Å². The van der Waals surface area contributed by atoms with Gasteiger partial charge in [-0.25, -0.2) is 5.84 Å². The zero-order valence-electron chi connectivity index (χ0n) is 9.81. The molecule has 1 amide bonds. The fraction of sp³-hybridized carbons (Fsp3) is 0.417. The summed E-state index contributed by atoms with van der Waals surface area (Å²) in [7, 11) is 1.50. The molecule has 92 valence electrons. The maximum absolute atomic E-state index is 11.2. The third kappa shape index (κ3) is 2.95. The maximum atomic E-state index is 11.2. The summed E-state index contributed by atoms with van der Waals surface area (Å²) in [4.78, 5) is 11.2. The van der Waals surface area contributed by atoms with E-state index in [2.05, 4.69) is 6.07 Å². The van der Waals surface area contributed by atoms with Crippen LogP contribution in [0.1, 0.15) is 11.1 Å². The van der Waals surface area contributed by atoms with Gasteiger partial charge in [-0.15, -0.1) is 0 Å². The molecule has 0 bridgehead atoms. The minimum Gasteiger partial charge on any atom is -0.493 e.